The van der Waals surface area contributed by atoms with Crippen molar-refractivity contribution in [2.75, 3.05) is 0 Å². The molecule has 0 saturated carbocycles. The molecule has 0 saturated heterocycles. The summed E-state index contributed by atoms with van der Waals surface area (Å²) in [5.41, 5.74) is 0.815. The lowest BCUT2D eigenvalue weighted by Gasteiger charge is -2.07. The zero-order chi connectivity index (χ0) is 15.5. The maximum Gasteiger partial charge on any atom is 0.247 e. The van der Waals surface area contributed by atoms with Crippen LogP contribution in [0.3, 0.4) is 0 Å². The SMILES string of the molecule is CC(Sc1cc(F)ccc1F)c1nnc(-c2ccccc2)o1. The molecule has 0 bridgehead atoms. The molecule has 0 amide bonds. The van der Waals surface area contributed by atoms with Crippen molar-refractivity contribution in [2.24, 2.45) is 0 Å². The summed E-state index contributed by atoms with van der Waals surface area (Å²) in [6.45, 7) is 1.80. The van der Waals surface area contributed by atoms with Crippen LogP contribution in [-0.4, -0.2) is 10.2 Å². The summed E-state index contributed by atoms with van der Waals surface area (Å²) >= 11 is 1.13. The Labute approximate surface area is 130 Å². The van der Waals surface area contributed by atoms with E-state index in [1.54, 1.807) is 6.92 Å². The summed E-state index contributed by atoms with van der Waals surface area (Å²) in [5, 5.41) is 7.69. The molecule has 2 aromatic carbocycles. The Balaban J connectivity index is 1.80. The van der Waals surface area contributed by atoms with Crippen LogP contribution in [0.1, 0.15) is 18.1 Å². The van der Waals surface area contributed by atoms with Gasteiger partial charge in [0.1, 0.15) is 11.6 Å². The minimum Gasteiger partial charge on any atom is -0.419 e. The smallest absolute Gasteiger partial charge is 0.247 e. The number of benzene rings is 2. The van der Waals surface area contributed by atoms with Gasteiger partial charge in [-0.25, -0.2) is 8.78 Å². The zero-order valence-electron chi connectivity index (χ0n) is 11.7. The molecule has 0 fully saturated rings. The van der Waals surface area contributed by atoms with E-state index < -0.39 is 11.6 Å². The Bertz CT molecular complexity index is 777. The van der Waals surface area contributed by atoms with Gasteiger partial charge in [0.25, 0.3) is 0 Å². The van der Waals surface area contributed by atoms with Crippen LogP contribution >= 0.6 is 11.8 Å². The first-order chi connectivity index (χ1) is 10.6. The van der Waals surface area contributed by atoms with Gasteiger partial charge in [0.15, 0.2) is 0 Å². The predicted octanol–water partition coefficient (Wildman–Crippen LogP) is 4.87. The minimum absolute atomic E-state index is 0.215. The maximum absolute atomic E-state index is 13.7. The van der Waals surface area contributed by atoms with Crippen molar-refractivity contribution in [1.29, 1.82) is 0 Å². The summed E-state index contributed by atoms with van der Waals surface area (Å²) in [5.74, 6) is -0.178. The van der Waals surface area contributed by atoms with E-state index in [2.05, 4.69) is 10.2 Å². The number of aromatic nitrogens is 2. The van der Waals surface area contributed by atoms with Crippen LogP contribution in [-0.2, 0) is 0 Å². The van der Waals surface area contributed by atoms with Crippen molar-refractivity contribution in [3.63, 3.8) is 0 Å². The van der Waals surface area contributed by atoms with Gasteiger partial charge in [-0.15, -0.1) is 22.0 Å². The molecule has 0 aliphatic carbocycles. The predicted molar refractivity (Wildman–Crippen MR) is 80.4 cm³/mol. The van der Waals surface area contributed by atoms with Crippen LogP contribution in [0.2, 0.25) is 0 Å². The van der Waals surface area contributed by atoms with E-state index >= 15 is 0 Å². The van der Waals surface area contributed by atoms with Crippen LogP contribution in [0.4, 0.5) is 8.78 Å². The summed E-state index contributed by atoms with van der Waals surface area (Å²) in [7, 11) is 0. The largest absolute Gasteiger partial charge is 0.419 e. The Morgan fingerprint density at radius 2 is 1.82 bits per heavy atom. The number of nitrogens with zero attached hydrogens (tertiary/aromatic N) is 2. The van der Waals surface area contributed by atoms with Crippen LogP contribution in [0.25, 0.3) is 11.5 Å². The van der Waals surface area contributed by atoms with E-state index in [0.29, 0.717) is 11.8 Å². The third-order valence-corrected chi connectivity index (χ3v) is 4.13. The molecule has 0 spiro atoms. The fourth-order valence-corrected chi connectivity index (χ4v) is 2.84. The van der Waals surface area contributed by atoms with E-state index in [1.165, 1.54) is 0 Å². The third-order valence-electron chi connectivity index (χ3n) is 3.01. The molecule has 0 N–H and O–H groups in total. The average Bonchev–Trinajstić information content (AvgIpc) is 3.02. The fraction of sp³-hybridized carbons (Fsp3) is 0.125. The Morgan fingerprint density at radius 1 is 1.05 bits per heavy atom. The molecule has 1 aromatic heterocycles. The van der Waals surface area contributed by atoms with Gasteiger partial charge in [0.05, 0.1) is 5.25 Å². The van der Waals surface area contributed by atoms with Crippen LogP contribution < -0.4 is 0 Å². The van der Waals surface area contributed by atoms with Crippen molar-refractivity contribution in [3.05, 3.63) is 66.1 Å². The minimum atomic E-state index is -0.480. The second kappa shape index (κ2) is 6.27. The van der Waals surface area contributed by atoms with Crippen molar-refractivity contribution >= 4 is 11.8 Å². The van der Waals surface area contributed by atoms with Gasteiger partial charge in [0.2, 0.25) is 11.8 Å². The van der Waals surface area contributed by atoms with Gasteiger partial charge in [-0.05, 0) is 37.3 Å². The molecular formula is C16H12F2N2OS. The number of halogens is 2. The molecule has 1 unspecified atom stereocenters. The normalized spacial score (nSPS) is 12.3. The number of hydrogen-bond acceptors (Lipinski definition) is 4. The first kappa shape index (κ1) is 14.7. The van der Waals surface area contributed by atoms with Gasteiger partial charge in [0, 0.05) is 10.5 Å². The monoisotopic (exact) mass is 318 g/mol. The lowest BCUT2D eigenvalue weighted by atomic mass is 10.2. The first-order valence-corrected chi connectivity index (χ1v) is 7.52. The van der Waals surface area contributed by atoms with Gasteiger partial charge < -0.3 is 4.42 Å². The van der Waals surface area contributed by atoms with Gasteiger partial charge in [-0.2, -0.15) is 0 Å². The molecule has 3 rings (SSSR count). The Morgan fingerprint density at radius 3 is 2.59 bits per heavy atom. The summed E-state index contributed by atoms with van der Waals surface area (Å²) in [4.78, 5) is 0.215. The molecule has 1 heterocycles. The highest BCUT2D eigenvalue weighted by Crippen LogP contribution is 2.36. The van der Waals surface area contributed by atoms with Crippen molar-refractivity contribution in [2.45, 2.75) is 17.1 Å². The molecule has 22 heavy (non-hydrogen) atoms. The van der Waals surface area contributed by atoms with Crippen LogP contribution in [0, 0.1) is 11.6 Å². The van der Waals surface area contributed by atoms with Crippen molar-refractivity contribution in [3.8, 4) is 11.5 Å². The van der Waals surface area contributed by atoms with Crippen LogP contribution in [0.5, 0.6) is 0 Å². The third kappa shape index (κ3) is 3.17. The maximum atomic E-state index is 13.7. The van der Waals surface area contributed by atoms with E-state index in [0.717, 1.165) is 35.5 Å². The van der Waals surface area contributed by atoms with E-state index in [1.807, 2.05) is 30.3 Å². The molecule has 1 atom stereocenters. The number of thioether (sulfide) groups is 1. The zero-order valence-corrected chi connectivity index (χ0v) is 12.5. The highest BCUT2D eigenvalue weighted by Gasteiger charge is 2.18. The topological polar surface area (TPSA) is 38.9 Å². The van der Waals surface area contributed by atoms with E-state index in [9.17, 15) is 8.78 Å². The van der Waals surface area contributed by atoms with Gasteiger partial charge in [-0.1, -0.05) is 18.2 Å². The number of hydrogen-bond donors (Lipinski definition) is 0. The molecule has 0 aliphatic heterocycles. The molecule has 3 aromatic rings. The highest BCUT2D eigenvalue weighted by atomic mass is 32.2. The first-order valence-electron chi connectivity index (χ1n) is 6.64. The molecule has 0 radical (unpaired) electrons. The second-order valence-corrected chi connectivity index (χ2v) is 6.03. The molecule has 112 valence electrons. The lowest BCUT2D eigenvalue weighted by molar-refractivity contribution is 0.508. The van der Waals surface area contributed by atoms with E-state index in [-0.39, 0.29) is 10.1 Å². The van der Waals surface area contributed by atoms with Crippen molar-refractivity contribution in [1.82, 2.24) is 10.2 Å². The fourth-order valence-electron chi connectivity index (χ4n) is 1.90. The van der Waals surface area contributed by atoms with Crippen molar-refractivity contribution < 1.29 is 13.2 Å². The molecule has 0 aliphatic rings. The Hall–Kier alpha value is -2.21. The van der Waals surface area contributed by atoms with Gasteiger partial charge >= 0.3 is 0 Å². The molecular weight excluding hydrogens is 306 g/mol. The summed E-state index contributed by atoms with van der Waals surface area (Å²) in [6, 6.07) is 12.7. The lowest BCUT2D eigenvalue weighted by Crippen LogP contribution is -1.91. The number of rotatable bonds is 4. The molecule has 3 nitrogen and oxygen atoms in total. The average molecular weight is 318 g/mol. The van der Waals surface area contributed by atoms with Crippen LogP contribution in [0.15, 0.2) is 57.8 Å². The van der Waals surface area contributed by atoms with Gasteiger partial charge in [-0.3, -0.25) is 0 Å². The summed E-state index contributed by atoms with van der Waals surface area (Å²) in [6.07, 6.45) is 0. The van der Waals surface area contributed by atoms with E-state index in [4.69, 9.17) is 4.42 Å². The molecule has 6 heteroatoms. The highest BCUT2D eigenvalue weighted by molar-refractivity contribution is 7.99. The summed E-state index contributed by atoms with van der Waals surface area (Å²) < 4.78 is 32.5. The quantitative estimate of drug-likeness (QED) is 0.643. The standard InChI is InChI=1S/C16H12F2N2OS/c1-10(22-14-9-12(17)7-8-13(14)18)15-19-20-16(21-15)11-5-3-2-4-6-11/h2-10H,1H3. The second-order valence-electron chi connectivity index (χ2n) is 4.65. The Kier molecular flexibility index (Phi) is 4.20.